The lowest BCUT2D eigenvalue weighted by Gasteiger charge is -2.46. The number of hydrogen-bond acceptors (Lipinski definition) is 6. The fourth-order valence-corrected chi connectivity index (χ4v) is 10.4. The predicted molar refractivity (Wildman–Crippen MR) is 156 cm³/mol. The Bertz CT molecular complexity index is 1150. The largest absolute Gasteiger partial charge is 0.441 e. The molecule has 1 unspecified atom stereocenters. The minimum absolute atomic E-state index is 0.138. The van der Waals surface area contributed by atoms with E-state index in [1.54, 1.807) is 40.3 Å². The van der Waals surface area contributed by atoms with Gasteiger partial charge in [-0.05, 0) is 101 Å². The highest BCUT2D eigenvalue weighted by molar-refractivity contribution is 8.03. The van der Waals surface area contributed by atoms with Gasteiger partial charge >= 0.3 is 6.09 Å². The van der Waals surface area contributed by atoms with E-state index < -0.39 is 15.6 Å². The maximum Gasteiger partial charge on any atom is 0.410 e. The van der Waals surface area contributed by atoms with Crippen LogP contribution in [0.2, 0.25) is 5.02 Å². The monoisotopic (exact) mass is 593 g/mol. The standard InChI is InChI=1S/C29H40ClN3O4S2/c30-22-9-11-24(12-10-22)39(35,36)33-25(26-7-5-21-38-26)6-4-8-27(33)29(15-16-29)37-28(34)32-19-13-23(14-20-32)31-17-2-1-3-18-31/h5,9-12,21,23,25-27H,1-4,6-8,13-20H2/t25-,26?,27+/m0/s1. The van der Waals surface area contributed by atoms with Crippen LogP contribution in [-0.4, -0.2) is 83.8 Å². The molecule has 1 amide bonds. The summed E-state index contributed by atoms with van der Waals surface area (Å²) in [5, 5.41) is 2.77. The summed E-state index contributed by atoms with van der Waals surface area (Å²) in [6, 6.07) is 6.52. The number of hydrogen-bond donors (Lipinski definition) is 0. The molecule has 1 aromatic rings. The van der Waals surface area contributed by atoms with Crippen LogP contribution >= 0.6 is 23.4 Å². The first-order valence-electron chi connectivity index (χ1n) is 14.7. The Hall–Kier alpha value is -1.26. The SMILES string of the molecule is O=C(OC1([C@H]2CCC[C@@H](C3CC=CS3)N2S(=O)(=O)c2ccc(Cl)cc2)CC1)N1CCC(N2CCCCC2)CC1. The lowest BCUT2D eigenvalue weighted by atomic mass is 9.91. The van der Waals surface area contributed by atoms with E-state index in [1.165, 1.54) is 32.4 Å². The summed E-state index contributed by atoms with van der Waals surface area (Å²) < 4.78 is 36.5. The van der Waals surface area contributed by atoms with E-state index in [2.05, 4.69) is 16.4 Å². The maximum atomic E-state index is 14.2. The van der Waals surface area contributed by atoms with Crippen molar-refractivity contribution in [2.24, 2.45) is 0 Å². The minimum atomic E-state index is -3.81. The average molecular weight is 594 g/mol. The molecule has 0 spiro atoms. The van der Waals surface area contributed by atoms with Crippen LogP contribution in [0.15, 0.2) is 40.6 Å². The lowest BCUT2D eigenvalue weighted by Crippen LogP contribution is -2.59. The first-order chi connectivity index (χ1) is 18.9. The zero-order chi connectivity index (χ0) is 27.0. The third-order valence-electron chi connectivity index (χ3n) is 9.42. The van der Waals surface area contributed by atoms with Crippen molar-refractivity contribution in [2.45, 2.75) is 105 Å². The van der Waals surface area contributed by atoms with Crippen LogP contribution in [0, 0.1) is 0 Å². The molecule has 1 aliphatic carbocycles. The van der Waals surface area contributed by atoms with Crippen LogP contribution in [-0.2, 0) is 14.8 Å². The Morgan fingerprint density at radius 1 is 0.949 bits per heavy atom. The van der Waals surface area contributed by atoms with Crippen LogP contribution < -0.4 is 0 Å². The average Bonchev–Trinajstić information content (AvgIpc) is 3.53. The van der Waals surface area contributed by atoms with Gasteiger partial charge < -0.3 is 14.5 Å². The van der Waals surface area contributed by atoms with Crippen LogP contribution in [0.4, 0.5) is 4.79 Å². The maximum absolute atomic E-state index is 14.2. The van der Waals surface area contributed by atoms with Gasteiger partial charge in [0.25, 0.3) is 0 Å². The normalized spacial score (nSPS) is 30.4. The molecular weight excluding hydrogens is 554 g/mol. The van der Waals surface area contributed by atoms with Gasteiger partial charge in [-0.1, -0.05) is 30.5 Å². The number of allylic oxidation sites excluding steroid dienone is 1. The third kappa shape index (κ3) is 5.76. The van der Waals surface area contributed by atoms with Gasteiger partial charge in [-0.2, -0.15) is 4.31 Å². The van der Waals surface area contributed by atoms with Gasteiger partial charge in [0.15, 0.2) is 0 Å². The number of rotatable bonds is 6. The predicted octanol–water partition coefficient (Wildman–Crippen LogP) is 5.89. The summed E-state index contributed by atoms with van der Waals surface area (Å²) in [5.74, 6) is 0. The van der Waals surface area contributed by atoms with Crippen molar-refractivity contribution >= 4 is 39.5 Å². The van der Waals surface area contributed by atoms with Crippen LogP contribution in [0.1, 0.15) is 70.6 Å². The Kier molecular flexibility index (Phi) is 8.26. The van der Waals surface area contributed by atoms with Gasteiger partial charge in [0, 0.05) is 35.4 Å². The van der Waals surface area contributed by atoms with Crippen LogP contribution in [0.3, 0.4) is 0 Å². The molecule has 4 fully saturated rings. The van der Waals surface area contributed by atoms with Crippen molar-refractivity contribution in [3.05, 3.63) is 40.8 Å². The quantitative estimate of drug-likeness (QED) is 0.410. The first kappa shape index (κ1) is 27.9. The summed E-state index contributed by atoms with van der Waals surface area (Å²) >= 11 is 7.81. The van der Waals surface area contributed by atoms with E-state index in [4.69, 9.17) is 16.3 Å². The molecule has 7 nitrogen and oxygen atoms in total. The molecule has 6 rings (SSSR count). The number of likely N-dealkylation sites (tertiary alicyclic amines) is 2. The van der Waals surface area contributed by atoms with Gasteiger partial charge in [-0.3, -0.25) is 0 Å². The highest BCUT2D eigenvalue weighted by Crippen LogP contribution is 2.52. The second kappa shape index (κ2) is 11.6. The van der Waals surface area contributed by atoms with Crippen LogP contribution in [0.25, 0.3) is 0 Å². The van der Waals surface area contributed by atoms with Crippen molar-refractivity contribution in [1.82, 2.24) is 14.1 Å². The number of nitrogens with zero attached hydrogens (tertiary/aromatic N) is 3. The Morgan fingerprint density at radius 3 is 2.31 bits per heavy atom. The van der Waals surface area contributed by atoms with E-state index in [-0.39, 0.29) is 28.3 Å². The van der Waals surface area contributed by atoms with E-state index >= 15 is 0 Å². The summed E-state index contributed by atoms with van der Waals surface area (Å²) in [6.45, 7) is 3.77. The second-order valence-electron chi connectivity index (χ2n) is 11.8. The number of ether oxygens (including phenoxy) is 1. The lowest BCUT2D eigenvalue weighted by molar-refractivity contribution is -0.0141. The smallest absolute Gasteiger partial charge is 0.410 e. The highest BCUT2D eigenvalue weighted by atomic mass is 35.5. The molecule has 5 aliphatic rings. The first-order valence-corrected chi connectivity index (χ1v) is 17.5. The molecule has 1 aromatic carbocycles. The molecule has 1 saturated carbocycles. The number of piperidine rings is 3. The third-order valence-corrected chi connectivity index (χ3v) is 12.8. The van der Waals surface area contributed by atoms with Crippen molar-refractivity contribution in [3.63, 3.8) is 0 Å². The zero-order valence-electron chi connectivity index (χ0n) is 22.5. The summed E-state index contributed by atoms with van der Waals surface area (Å²) in [5.41, 5.74) is -0.740. The summed E-state index contributed by atoms with van der Waals surface area (Å²) in [4.78, 5) is 18.2. The number of halogens is 1. The van der Waals surface area contributed by atoms with E-state index in [0.29, 0.717) is 43.4 Å². The zero-order valence-corrected chi connectivity index (χ0v) is 24.9. The van der Waals surface area contributed by atoms with Crippen molar-refractivity contribution in [3.8, 4) is 0 Å². The number of carbonyl (C=O) groups excluding carboxylic acids is 1. The molecule has 10 heteroatoms. The molecule has 39 heavy (non-hydrogen) atoms. The van der Waals surface area contributed by atoms with Gasteiger partial charge in [-0.15, -0.1) is 11.8 Å². The topological polar surface area (TPSA) is 70.2 Å². The molecule has 3 saturated heterocycles. The number of sulfonamides is 1. The summed E-state index contributed by atoms with van der Waals surface area (Å²) in [6.07, 6.45) is 12.4. The fourth-order valence-electron chi connectivity index (χ4n) is 7.14. The van der Waals surface area contributed by atoms with Crippen molar-refractivity contribution in [1.29, 1.82) is 0 Å². The van der Waals surface area contributed by atoms with E-state index in [1.807, 2.05) is 4.90 Å². The van der Waals surface area contributed by atoms with Gasteiger partial charge in [0.1, 0.15) is 5.60 Å². The Labute approximate surface area is 242 Å². The number of amides is 1. The molecular formula is C29H40ClN3O4S2. The second-order valence-corrected chi connectivity index (χ2v) is 15.3. The fraction of sp³-hybridized carbons (Fsp3) is 0.690. The molecule has 214 valence electrons. The van der Waals surface area contributed by atoms with Crippen molar-refractivity contribution < 1.29 is 17.9 Å². The number of benzene rings is 1. The molecule has 3 atom stereocenters. The molecule has 0 bridgehead atoms. The van der Waals surface area contributed by atoms with E-state index in [0.717, 1.165) is 32.1 Å². The molecule has 4 heterocycles. The van der Waals surface area contributed by atoms with Gasteiger partial charge in [-0.25, -0.2) is 13.2 Å². The van der Waals surface area contributed by atoms with Crippen molar-refractivity contribution in [2.75, 3.05) is 26.2 Å². The number of carbonyl (C=O) groups is 1. The highest BCUT2D eigenvalue weighted by Gasteiger charge is 2.60. The minimum Gasteiger partial charge on any atom is -0.441 e. The molecule has 0 radical (unpaired) electrons. The molecule has 0 N–H and O–H groups in total. The van der Waals surface area contributed by atoms with Crippen LogP contribution in [0.5, 0.6) is 0 Å². The van der Waals surface area contributed by atoms with Gasteiger partial charge in [0.2, 0.25) is 10.0 Å². The summed E-state index contributed by atoms with van der Waals surface area (Å²) in [7, 11) is -3.81. The van der Waals surface area contributed by atoms with E-state index in [9.17, 15) is 13.2 Å². The Morgan fingerprint density at radius 2 is 1.67 bits per heavy atom. The molecule has 4 aliphatic heterocycles. The van der Waals surface area contributed by atoms with Gasteiger partial charge in [0.05, 0.1) is 10.9 Å². The number of thioether (sulfide) groups is 1. The molecule has 0 aromatic heterocycles. The Balaban J connectivity index is 1.19.